The molecule has 2 heterocycles. The van der Waals surface area contributed by atoms with Crippen molar-refractivity contribution in [1.29, 1.82) is 0 Å². The van der Waals surface area contributed by atoms with E-state index < -0.39 is 10.2 Å². The maximum absolute atomic E-state index is 11.8. The van der Waals surface area contributed by atoms with Crippen LogP contribution in [0.3, 0.4) is 0 Å². The Hall–Kier alpha value is -0.920. The van der Waals surface area contributed by atoms with Gasteiger partial charge in [0.15, 0.2) is 0 Å². The van der Waals surface area contributed by atoms with E-state index in [0.717, 1.165) is 24.1 Å². The third-order valence-corrected chi connectivity index (χ3v) is 4.34. The SMILES string of the molecule is Cc1[nH]ncc1CNS(=O)(=O)N1CCCC1. The molecule has 0 atom stereocenters. The zero-order valence-electron chi connectivity index (χ0n) is 9.23. The predicted octanol–water partition coefficient (Wildman–Crippen LogP) is 0.148. The van der Waals surface area contributed by atoms with Gasteiger partial charge in [0.1, 0.15) is 0 Å². The number of aryl methyl sites for hydroxylation is 1. The van der Waals surface area contributed by atoms with Crippen molar-refractivity contribution >= 4 is 10.2 Å². The molecular formula is C9H16N4O2S. The third kappa shape index (κ3) is 2.42. The van der Waals surface area contributed by atoms with Crippen molar-refractivity contribution in [3.8, 4) is 0 Å². The molecule has 0 unspecified atom stereocenters. The Morgan fingerprint density at radius 2 is 2.19 bits per heavy atom. The summed E-state index contributed by atoms with van der Waals surface area (Å²) in [4.78, 5) is 0. The lowest BCUT2D eigenvalue weighted by atomic mass is 10.3. The average molecular weight is 244 g/mol. The fraction of sp³-hybridized carbons (Fsp3) is 0.667. The van der Waals surface area contributed by atoms with Crippen molar-refractivity contribution < 1.29 is 8.42 Å². The number of nitrogens with one attached hydrogen (secondary N) is 2. The van der Waals surface area contributed by atoms with Gasteiger partial charge in [-0.1, -0.05) is 0 Å². The number of aromatic nitrogens is 2. The molecule has 1 aromatic heterocycles. The van der Waals surface area contributed by atoms with Crippen LogP contribution in [0.5, 0.6) is 0 Å². The van der Waals surface area contributed by atoms with E-state index >= 15 is 0 Å². The van der Waals surface area contributed by atoms with Crippen LogP contribution in [0, 0.1) is 6.92 Å². The van der Waals surface area contributed by atoms with Crippen molar-refractivity contribution in [2.75, 3.05) is 13.1 Å². The van der Waals surface area contributed by atoms with E-state index in [-0.39, 0.29) is 0 Å². The molecule has 0 bridgehead atoms. The highest BCUT2D eigenvalue weighted by atomic mass is 32.2. The van der Waals surface area contributed by atoms with Gasteiger partial charge in [-0.3, -0.25) is 5.10 Å². The van der Waals surface area contributed by atoms with Gasteiger partial charge >= 0.3 is 0 Å². The number of H-pyrrole nitrogens is 1. The van der Waals surface area contributed by atoms with Crippen LogP contribution in [0.25, 0.3) is 0 Å². The molecule has 2 rings (SSSR count). The second-order valence-corrected chi connectivity index (χ2v) is 5.71. The minimum absolute atomic E-state index is 0.293. The van der Waals surface area contributed by atoms with E-state index in [0.29, 0.717) is 19.6 Å². The van der Waals surface area contributed by atoms with Crippen LogP contribution in [-0.4, -0.2) is 36.0 Å². The van der Waals surface area contributed by atoms with Crippen LogP contribution < -0.4 is 4.72 Å². The van der Waals surface area contributed by atoms with Crippen molar-refractivity contribution in [3.63, 3.8) is 0 Å². The molecule has 7 heteroatoms. The summed E-state index contributed by atoms with van der Waals surface area (Å²) in [6.07, 6.45) is 3.54. The first kappa shape index (κ1) is 11.6. The number of aromatic amines is 1. The highest BCUT2D eigenvalue weighted by Gasteiger charge is 2.24. The lowest BCUT2D eigenvalue weighted by Crippen LogP contribution is -2.38. The van der Waals surface area contributed by atoms with Crippen LogP contribution in [-0.2, 0) is 16.8 Å². The smallest absolute Gasteiger partial charge is 0.279 e. The summed E-state index contributed by atoms with van der Waals surface area (Å²) >= 11 is 0. The molecule has 6 nitrogen and oxygen atoms in total. The van der Waals surface area contributed by atoms with Crippen LogP contribution in [0.1, 0.15) is 24.1 Å². The summed E-state index contributed by atoms with van der Waals surface area (Å²) in [7, 11) is -3.31. The van der Waals surface area contributed by atoms with Gasteiger partial charge in [0.2, 0.25) is 0 Å². The molecule has 1 saturated heterocycles. The molecule has 0 saturated carbocycles. The largest absolute Gasteiger partial charge is 0.283 e. The standard InChI is InChI=1S/C9H16N4O2S/c1-8-9(6-10-12-8)7-11-16(14,15)13-4-2-3-5-13/h6,11H,2-5,7H2,1H3,(H,10,12). The molecule has 0 radical (unpaired) electrons. The van der Waals surface area contributed by atoms with E-state index in [2.05, 4.69) is 14.9 Å². The Balaban J connectivity index is 1.97. The second-order valence-electron chi connectivity index (χ2n) is 3.95. The molecule has 16 heavy (non-hydrogen) atoms. The number of rotatable bonds is 4. The first-order chi connectivity index (χ1) is 7.59. The topological polar surface area (TPSA) is 78.1 Å². The molecule has 0 aromatic carbocycles. The lowest BCUT2D eigenvalue weighted by Gasteiger charge is -2.15. The Bertz CT molecular complexity index is 448. The highest BCUT2D eigenvalue weighted by Crippen LogP contribution is 2.12. The van der Waals surface area contributed by atoms with Crippen LogP contribution in [0.2, 0.25) is 0 Å². The van der Waals surface area contributed by atoms with Gasteiger partial charge in [0.25, 0.3) is 10.2 Å². The number of hydrogen-bond acceptors (Lipinski definition) is 3. The van der Waals surface area contributed by atoms with Crippen molar-refractivity contribution in [2.24, 2.45) is 0 Å². The van der Waals surface area contributed by atoms with E-state index in [4.69, 9.17) is 0 Å². The van der Waals surface area contributed by atoms with Gasteiger partial charge in [-0.15, -0.1) is 0 Å². The first-order valence-corrected chi connectivity index (χ1v) is 6.77. The quantitative estimate of drug-likeness (QED) is 0.791. The zero-order valence-corrected chi connectivity index (χ0v) is 10.0. The van der Waals surface area contributed by atoms with Crippen molar-refractivity contribution in [3.05, 3.63) is 17.5 Å². The second kappa shape index (κ2) is 4.52. The molecule has 1 fully saturated rings. The Morgan fingerprint density at radius 1 is 1.50 bits per heavy atom. The normalized spacial score (nSPS) is 18.1. The number of hydrogen-bond donors (Lipinski definition) is 2. The summed E-state index contributed by atoms with van der Waals surface area (Å²) in [5, 5.41) is 6.62. The van der Waals surface area contributed by atoms with E-state index in [1.54, 1.807) is 6.20 Å². The lowest BCUT2D eigenvalue weighted by molar-refractivity contribution is 0.464. The molecule has 2 N–H and O–H groups in total. The summed E-state index contributed by atoms with van der Waals surface area (Å²) in [6, 6.07) is 0. The van der Waals surface area contributed by atoms with E-state index in [1.807, 2.05) is 6.92 Å². The summed E-state index contributed by atoms with van der Waals surface area (Å²) in [5.74, 6) is 0. The summed E-state index contributed by atoms with van der Waals surface area (Å²) < 4.78 is 27.7. The van der Waals surface area contributed by atoms with Gasteiger partial charge in [-0.05, 0) is 19.8 Å². The summed E-state index contributed by atoms with van der Waals surface area (Å²) in [5.41, 5.74) is 1.77. The maximum atomic E-state index is 11.8. The molecule has 90 valence electrons. The van der Waals surface area contributed by atoms with Gasteiger partial charge in [-0.2, -0.15) is 22.5 Å². The zero-order chi connectivity index (χ0) is 11.6. The average Bonchev–Trinajstić information content (AvgIpc) is 2.85. The third-order valence-electron chi connectivity index (χ3n) is 2.78. The fourth-order valence-electron chi connectivity index (χ4n) is 1.74. The Morgan fingerprint density at radius 3 is 2.75 bits per heavy atom. The van der Waals surface area contributed by atoms with Crippen molar-refractivity contribution in [2.45, 2.75) is 26.3 Å². The van der Waals surface area contributed by atoms with Gasteiger partial charge in [0, 0.05) is 30.9 Å². The minimum atomic E-state index is -3.31. The summed E-state index contributed by atoms with van der Waals surface area (Å²) in [6.45, 7) is 3.41. The highest BCUT2D eigenvalue weighted by molar-refractivity contribution is 7.87. The van der Waals surface area contributed by atoms with Gasteiger partial charge < -0.3 is 0 Å². The van der Waals surface area contributed by atoms with Gasteiger partial charge in [-0.25, -0.2) is 0 Å². The molecule has 0 spiro atoms. The Kier molecular flexibility index (Phi) is 3.27. The molecule has 0 amide bonds. The van der Waals surface area contributed by atoms with E-state index in [9.17, 15) is 8.42 Å². The molecular weight excluding hydrogens is 228 g/mol. The Labute approximate surface area is 95.2 Å². The van der Waals surface area contributed by atoms with Gasteiger partial charge in [0.05, 0.1) is 6.20 Å². The minimum Gasteiger partial charge on any atom is -0.283 e. The maximum Gasteiger partial charge on any atom is 0.279 e. The van der Waals surface area contributed by atoms with Crippen LogP contribution in [0.15, 0.2) is 6.20 Å². The van der Waals surface area contributed by atoms with Crippen molar-refractivity contribution in [1.82, 2.24) is 19.2 Å². The molecule has 0 aliphatic carbocycles. The first-order valence-electron chi connectivity index (χ1n) is 5.33. The van der Waals surface area contributed by atoms with Crippen LogP contribution in [0.4, 0.5) is 0 Å². The number of nitrogens with zero attached hydrogens (tertiary/aromatic N) is 2. The molecule has 1 aromatic rings. The van der Waals surface area contributed by atoms with E-state index in [1.165, 1.54) is 4.31 Å². The predicted molar refractivity (Wildman–Crippen MR) is 59.9 cm³/mol. The van der Waals surface area contributed by atoms with Crippen LogP contribution >= 0.6 is 0 Å². The molecule has 1 aliphatic rings. The monoisotopic (exact) mass is 244 g/mol. The molecule has 1 aliphatic heterocycles. The fourth-order valence-corrected chi connectivity index (χ4v) is 3.00.